The molecule has 442 valence electrons. The van der Waals surface area contributed by atoms with Crippen LogP contribution in [0, 0.1) is 0 Å². The first-order chi connectivity index (χ1) is 37.5. The van der Waals surface area contributed by atoms with E-state index in [0.717, 1.165) is 89.9 Å². The van der Waals surface area contributed by atoms with Crippen molar-refractivity contribution in [2.24, 2.45) is 0 Å². The minimum absolute atomic E-state index is 0.0679. The standard InChI is InChI=1S/C70H126O6/c1-4-7-10-13-16-19-21-23-25-27-29-30-31-32-33-34-35-36-37-38-39-40-42-43-45-47-49-51-54-57-60-63-69(72)75-66-67(65-74-68(71)62-59-56-53-18-15-12-9-6-3)76-70(73)64-61-58-55-52-50-48-46-44-41-28-26-24-22-20-17-14-11-8-5-2/h7,10,16,19,23,25,29-30,32-33,67H,4-6,8-9,11-15,17-18,20-22,24,26-28,31,34-66H2,1-3H3/b10-7-,19-16-,25-23-,30-29-,33-32-. The Bertz CT molecular complexity index is 1360. The summed E-state index contributed by atoms with van der Waals surface area (Å²) in [7, 11) is 0. The molecule has 1 atom stereocenters. The molecule has 6 heteroatoms. The van der Waals surface area contributed by atoms with Gasteiger partial charge in [-0.15, -0.1) is 0 Å². The summed E-state index contributed by atoms with van der Waals surface area (Å²) in [5.74, 6) is -0.851. The van der Waals surface area contributed by atoms with Crippen molar-refractivity contribution in [3.05, 3.63) is 60.8 Å². The van der Waals surface area contributed by atoms with Gasteiger partial charge in [-0.25, -0.2) is 0 Å². The Kier molecular flexibility index (Phi) is 62.2. The van der Waals surface area contributed by atoms with Crippen LogP contribution in [-0.2, 0) is 28.6 Å². The van der Waals surface area contributed by atoms with Gasteiger partial charge in [0.15, 0.2) is 6.10 Å². The SMILES string of the molecule is CC/C=C\C/C=C\C/C=C\C/C=C\C/C=C\CCCCCCCCCCCCCCCCCC(=O)OCC(COC(=O)CCCCCCCCCC)OC(=O)CCCCCCCCCCCCCCCCCCCCC. The summed E-state index contributed by atoms with van der Waals surface area (Å²) in [5, 5.41) is 0. The van der Waals surface area contributed by atoms with E-state index in [1.807, 2.05) is 0 Å². The molecule has 0 fully saturated rings. The fourth-order valence-corrected chi connectivity index (χ4v) is 9.83. The van der Waals surface area contributed by atoms with Gasteiger partial charge in [0.25, 0.3) is 0 Å². The smallest absolute Gasteiger partial charge is 0.306 e. The van der Waals surface area contributed by atoms with Gasteiger partial charge >= 0.3 is 17.9 Å². The normalized spacial score (nSPS) is 12.4. The molecule has 76 heavy (non-hydrogen) atoms. The summed E-state index contributed by atoms with van der Waals surface area (Å²) in [4.78, 5) is 38.2. The van der Waals surface area contributed by atoms with E-state index in [4.69, 9.17) is 14.2 Å². The summed E-state index contributed by atoms with van der Waals surface area (Å²) < 4.78 is 16.9. The van der Waals surface area contributed by atoms with E-state index in [1.54, 1.807) is 0 Å². The molecule has 0 aliphatic rings. The molecule has 0 aliphatic carbocycles. The van der Waals surface area contributed by atoms with Crippen LogP contribution in [0.3, 0.4) is 0 Å². The second kappa shape index (κ2) is 64.6. The Morgan fingerprint density at radius 3 is 0.803 bits per heavy atom. The van der Waals surface area contributed by atoms with Crippen molar-refractivity contribution >= 4 is 17.9 Å². The van der Waals surface area contributed by atoms with E-state index in [-0.39, 0.29) is 31.1 Å². The minimum Gasteiger partial charge on any atom is -0.462 e. The lowest BCUT2D eigenvalue weighted by atomic mass is 10.0. The molecule has 0 saturated heterocycles. The first-order valence-electron chi connectivity index (χ1n) is 33.3. The average Bonchev–Trinajstić information content (AvgIpc) is 3.42. The summed E-state index contributed by atoms with van der Waals surface area (Å²) in [6, 6.07) is 0. The zero-order valence-electron chi connectivity index (χ0n) is 50.8. The molecule has 0 spiro atoms. The maximum atomic E-state index is 12.9. The van der Waals surface area contributed by atoms with E-state index in [0.29, 0.717) is 19.3 Å². The molecule has 0 heterocycles. The Hall–Kier alpha value is -2.89. The number of rotatable bonds is 61. The van der Waals surface area contributed by atoms with Gasteiger partial charge in [0.05, 0.1) is 0 Å². The molecule has 0 aromatic carbocycles. The van der Waals surface area contributed by atoms with Crippen LogP contribution in [-0.4, -0.2) is 37.2 Å². The van der Waals surface area contributed by atoms with Crippen LogP contribution in [0.5, 0.6) is 0 Å². The molecular formula is C70H126O6. The van der Waals surface area contributed by atoms with E-state index < -0.39 is 6.10 Å². The monoisotopic (exact) mass is 1060 g/mol. The molecule has 0 aliphatic heterocycles. The highest BCUT2D eigenvalue weighted by Crippen LogP contribution is 2.18. The third-order valence-corrected chi connectivity index (χ3v) is 14.8. The molecular weight excluding hydrogens is 937 g/mol. The van der Waals surface area contributed by atoms with Crippen LogP contribution >= 0.6 is 0 Å². The highest BCUT2D eigenvalue weighted by Gasteiger charge is 2.19. The lowest BCUT2D eigenvalue weighted by Gasteiger charge is -2.18. The van der Waals surface area contributed by atoms with Gasteiger partial charge in [0, 0.05) is 19.3 Å². The van der Waals surface area contributed by atoms with Crippen LogP contribution < -0.4 is 0 Å². The van der Waals surface area contributed by atoms with Gasteiger partial charge in [0.1, 0.15) is 13.2 Å². The minimum atomic E-state index is -0.768. The van der Waals surface area contributed by atoms with Crippen molar-refractivity contribution in [3.63, 3.8) is 0 Å². The van der Waals surface area contributed by atoms with E-state index in [2.05, 4.69) is 81.5 Å². The molecule has 0 radical (unpaired) electrons. The fraction of sp³-hybridized carbons (Fsp3) is 0.814. The summed E-state index contributed by atoms with van der Waals surface area (Å²) in [6.45, 7) is 6.55. The number of carbonyl (C=O) groups excluding carboxylic acids is 3. The lowest BCUT2D eigenvalue weighted by Crippen LogP contribution is -2.30. The largest absolute Gasteiger partial charge is 0.462 e. The van der Waals surface area contributed by atoms with Crippen LogP contribution in [0.25, 0.3) is 0 Å². The second-order valence-corrected chi connectivity index (χ2v) is 22.4. The number of carbonyl (C=O) groups is 3. The highest BCUT2D eigenvalue weighted by atomic mass is 16.6. The Labute approximate surface area is 472 Å². The zero-order valence-corrected chi connectivity index (χ0v) is 50.8. The molecule has 1 unspecified atom stereocenters. The number of esters is 3. The number of hydrogen-bond donors (Lipinski definition) is 0. The van der Waals surface area contributed by atoms with Crippen molar-refractivity contribution < 1.29 is 28.6 Å². The third kappa shape index (κ3) is 62.0. The Morgan fingerprint density at radius 1 is 0.276 bits per heavy atom. The number of unbranched alkanes of at least 4 members (excludes halogenated alkanes) is 40. The number of allylic oxidation sites excluding steroid dienone is 10. The average molecular weight is 1060 g/mol. The molecule has 0 amide bonds. The molecule has 0 rings (SSSR count). The molecule has 0 bridgehead atoms. The number of hydrogen-bond acceptors (Lipinski definition) is 6. The van der Waals surface area contributed by atoms with Gasteiger partial charge in [0.2, 0.25) is 0 Å². The van der Waals surface area contributed by atoms with E-state index in [1.165, 1.54) is 218 Å². The summed E-state index contributed by atoms with van der Waals surface area (Å²) in [6.07, 6.45) is 82.6. The molecule has 0 aromatic heterocycles. The summed E-state index contributed by atoms with van der Waals surface area (Å²) in [5.41, 5.74) is 0. The first kappa shape index (κ1) is 73.1. The van der Waals surface area contributed by atoms with E-state index in [9.17, 15) is 14.4 Å². The van der Waals surface area contributed by atoms with Gasteiger partial charge in [-0.1, -0.05) is 326 Å². The van der Waals surface area contributed by atoms with Crippen molar-refractivity contribution in [3.8, 4) is 0 Å². The van der Waals surface area contributed by atoms with Crippen molar-refractivity contribution in [2.75, 3.05) is 13.2 Å². The molecule has 0 N–H and O–H groups in total. The molecule has 0 aromatic rings. The summed E-state index contributed by atoms with van der Waals surface area (Å²) >= 11 is 0. The van der Waals surface area contributed by atoms with Gasteiger partial charge < -0.3 is 14.2 Å². The van der Waals surface area contributed by atoms with Crippen molar-refractivity contribution in [2.45, 2.75) is 354 Å². The zero-order chi connectivity index (χ0) is 55.0. The maximum absolute atomic E-state index is 12.9. The maximum Gasteiger partial charge on any atom is 0.306 e. The molecule has 6 nitrogen and oxygen atoms in total. The topological polar surface area (TPSA) is 78.9 Å². The van der Waals surface area contributed by atoms with Gasteiger partial charge in [-0.05, 0) is 64.2 Å². The molecule has 0 saturated carbocycles. The van der Waals surface area contributed by atoms with Crippen LogP contribution in [0.1, 0.15) is 348 Å². The van der Waals surface area contributed by atoms with E-state index >= 15 is 0 Å². The second-order valence-electron chi connectivity index (χ2n) is 22.4. The van der Waals surface area contributed by atoms with Crippen LogP contribution in [0.15, 0.2) is 60.8 Å². The first-order valence-corrected chi connectivity index (χ1v) is 33.3. The van der Waals surface area contributed by atoms with Crippen LogP contribution in [0.2, 0.25) is 0 Å². The van der Waals surface area contributed by atoms with Crippen molar-refractivity contribution in [1.82, 2.24) is 0 Å². The predicted octanol–water partition coefficient (Wildman–Crippen LogP) is 22.7. The quantitative estimate of drug-likeness (QED) is 0.0261. The third-order valence-electron chi connectivity index (χ3n) is 14.8. The Balaban J connectivity index is 4.07. The van der Waals surface area contributed by atoms with Crippen LogP contribution in [0.4, 0.5) is 0 Å². The van der Waals surface area contributed by atoms with Gasteiger partial charge in [-0.3, -0.25) is 14.4 Å². The fourth-order valence-electron chi connectivity index (χ4n) is 9.83. The Morgan fingerprint density at radius 2 is 0.513 bits per heavy atom. The number of ether oxygens (including phenoxy) is 3. The highest BCUT2D eigenvalue weighted by molar-refractivity contribution is 5.71. The van der Waals surface area contributed by atoms with Crippen molar-refractivity contribution in [1.29, 1.82) is 0 Å². The van der Waals surface area contributed by atoms with Gasteiger partial charge in [-0.2, -0.15) is 0 Å². The lowest BCUT2D eigenvalue weighted by molar-refractivity contribution is -0.167. The predicted molar refractivity (Wildman–Crippen MR) is 330 cm³/mol.